The van der Waals surface area contributed by atoms with Crippen LogP contribution in [0.5, 0.6) is 0 Å². The van der Waals surface area contributed by atoms with Gasteiger partial charge in [0.05, 0.1) is 12.1 Å². The Morgan fingerprint density at radius 1 is 1.29 bits per heavy atom. The van der Waals surface area contributed by atoms with E-state index in [1.54, 1.807) is 12.4 Å². The summed E-state index contributed by atoms with van der Waals surface area (Å²) in [6, 6.07) is 10.2. The van der Waals surface area contributed by atoms with Gasteiger partial charge in [0, 0.05) is 25.0 Å². The highest BCUT2D eigenvalue weighted by Gasteiger charge is 2.50. The van der Waals surface area contributed by atoms with E-state index in [2.05, 4.69) is 22.6 Å². The number of carbonyl (C=O) groups excluding carboxylic acids is 2. The number of amides is 1. The van der Waals surface area contributed by atoms with Gasteiger partial charge >= 0.3 is 6.03 Å². The van der Waals surface area contributed by atoms with Gasteiger partial charge in [-0.1, -0.05) is 43.4 Å². The number of hydrogen-bond donors (Lipinski definition) is 0. The van der Waals surface area contributed by atoms with Gasteiger partial charge in [-0.3, -0.25) is 14.2 Å². The van der Waals surface area contributed by atoms with Crippen LogP contribution in [0.25, 0.3) is 0 Å². The number of carbonyl (C=O) groups is 2. The molecule has 2 saturated heterocycles. The third-order valence-corrected chi connectivity index (χ3v) is 9.03. The van der Waals surface area contributed by atoms with Crippen LogP contribution in [0.1, 0.15) is 18.4 Å². The lowest BCUT2D eigenvalue weighted by molar-refractivity contribution is -0.163. The first-order valence-electron chi connectivity index (χ1n) is 9.73. The van der Waals surface area contributed by atoms with Crippen molar-refractivity contribution in [2.45, 2.75) is 50.7 Å². The topological polar surface area (TPSA) is 67.7 Å². The number of piperidine rings is 1. The molecule has 1 aromatic carbocycles. The summed E-state index contributed by atoms with van der Waals surface area (Å²) in [6.07, 6.45) is 6.24. The molecule has 2 aromatic rings. The Labute approximate surface area is 166 Å². The summed E-state index contributed by atoms with van der Waals surface area (Å²) >= 11 is 0. The Hall–Kier alpha value is -2.29. The van der Waals surface area contributed by atoms with Gasteiger partial charge < -0.3 is 4.57 Å². The smallest absolute Gasteiger partial charge is 0.312 e. The van der Waals surface area contributed by atoms with Crippen molar-refractivity contribution in [1.82, 2.24) is 19.2 Å². The summed E-state index contributed by atoms with van der Waals surface area (Å²) in [5.41, 5.74) is 1.01. The molecule has 7 nitrogen and oxygen atoms in total. The first-order chi connectivity index (χ1) is 13.5. The van der Waals surface area contributed by atoms with Gasteiger partial charge in [0.15, 0.2) is 0 Å². The van der Waals surface area contributed by atoms with Crippen molar-refractivity contribution in [2.24, 2.45) is 0 Å². The molecule has 0 spiro atoms. The van der Waals surface area contributed by atoms with E-state index in [-0.39, 0.29) is 18.1 Å². The van der Waals surface area contributed by atoms with Crippen molar-refractivity contribution in [3.8, 4) is 0 Å². The minimum atomic E-state index is -1.77. The van der Waals surface area contributed by atoms with E-state index < -0.39 is 8.24 Å². The molecule has 4 rings (SSSR count). The monoisotopic (exact) mass is 398 g/mol. The standard InChI is InChI=1S/C20H26N4O3Si/c1-28(2)14-19(25)18-9-8-17(12-23(18)28)24(20(26)22-11-10-21-15-22)27-13-16-6-4-3-5-7-16/h3-7,10-11,15,17-18H,8-9,12-14H2,1-2H3/t17-,18+/m1/s1. The highest BCUT2D eigenvalue weighted by atomic mass is 28.3. The second-order valence-corrected chi connectivity index (χ2v) is 12.7. The van der Waals surface area contributed by atoms with Crippen LogP contribution >= 0.6 is 0 Å². The summed E-state index contributed by atoms with van der Waals surface area (Å²) in [4.78, 5) is 35.5. The van der Waals surface area contributed by atoms with Crippen LogP contribution in [-0.4, -0.2) is 57.9 Å². The molecule has 0 radical (unpaired) electrons. The molecule has 2 aliphatic rings. The molecule has 0 saturated carbocycles. The van der Waals surface area contributed by atoms with Crippen LogP contribution in [0.2, 0.25) is 19.1 Å². The van der Waals surface area contributed by atoms with Crippen LogP contribution in [0.4, 0.5) is 4.79 Å². The molecule has 1 amide bonds. The third kappa shape index (κ3) is 3.67. The number of rotatable bonds is 4. The largest absolute Gasteiger partial charge is 0.353 e. The normalized spacial score (nSPS) is 24.1. The highest BCUT2D eigenvalue weighted by Crippen LogP contribution is 2.36. The number of aromatic nitrogens is 2. The molecule has 28 heavy (non-hydrogen) atoms. The van der Waals surface area contributed by atoms with Crippen LogP contribution < -0.4 is 0 Å². The number of ketones is 1. The van der Waals surface area contributed by atoms with Crippen LogP contribution in [0, 0.1) is 0 Å². The average molecular weight is 399 g/mol. The minimum Gasteiger partial charge on any atom is -0.312 e. The molecule has 1 aromatic heterocycles. The Balaban J connectivity index is 1.54. The summed E-state index contributed by atoms with van der Waals surface area (Å²) in [6.45, 7) is 5.48. The lowest BCUT2D eigenvalue weighted by atomic mass is 9.98. The van der Waals surface area contributed by atoms with Crippen molar-refractivity contribution in [1.29, 1.82) is 0 Å². The zero-order valence-corrected chi connectivity index (χ0v) is 17.3. The zero-order valence-electron chi connectivity index (χ0n) is 16.3. The second-order valence-electron chi connectivity index (χ2n) is 8.19. The van der Waals surface area contributed by atoms with Gasteiger partial charge in [-0.2, -0.15) is 5.06 Å². The number of fused-ring (bicyclic) bond motifs is 1. The summed E-state index contributed by atoms with van der Waals surface area (Å²) < 4.78 is 3.82. The number of imidazole rings is 1. The Morgan fingerprint density at radius 2 is 2.07 bits per heavy atom. The maximum atomic E-state index is 13.1. The number of Topliss-reactive ketones (excluding diaryl/α,β-unsaturated/α-hetero) is 1. The molecule has 0 bridgehead atoms. The fourth-order valence-electron chi connectivity index (χ4n) is 4.31. The molecule has 3 heterocycles. The number of hydrogen-bond acceptors (Lipinski definition) is 5. The molecule has 2 atom stereocenters. The fourth-order valence-corrected chi connectivity index (χ4v) is 7.43. The van der Waals surface area contributed by atoms with Crippen LogP contribution in [-0.2, 0) is 16.2 Å². The molecule has 0 aliphatic carbocycles. The lowest BCUT2D eigenvalue weighted by Gasteiger charge is -2.43. The lowest BCUT2D eigenvalue weighted by Crippen LogP contribution is -2.58. The molecule has 148 valence electrons. The summed E-state index contributed by atoms with van der Waals surface area (Å²) in [7, 11) is -1.77. The van der Waals surface area contributed by atoms with Gasteiger partial charge in [-0.15, -0.1) is 0 Å². The van der Waals surface area contributed by atoms with E-state index in [1.807, 2.05) is 30.3 Å². The molecule has 0 N–H and O–H groups in total. The summed E-state index contributed by atoms with van der Waals surface area (Å²) in [5, 5.41) is 1.50. The molecular weight excluding hydrogens is 372 g/mol. The van der Waals surface area contributed by atoms with Crippen molar-refractivity contribution >= 4 is 20.0 Å². The van der Waals surface area contributed by atoms with Crippen LogP contribution in [0.3, 0.4) is 0 Å². The first-order valence-corrected chi connectivity index (χ1v) is 12.9. The quantitative estimate of drug-likeness (QED) is 0.585. The van der Waals surface area contributed by atoms with E-state index in [9.17, 15) is 9.59 Å². The van der Waals surface area contributed by atoms with Gasteiger partial charge in [0.25, 0.3) is 0 Å². The van der Waals surface area contributed by atoms with Gasteiger partial charge in [-0.25, -0.2) is 9.78 Å². The molecular formula is C20H26N4O3Si. The van der Waals surface area contributed by atoms with E-state index in [1.165, 1.54) is 16.0 Å². The number of benzene rings is 1. The summed E-state index contributed by atoms with van der Waals surface area (Å²) in [5.74, 6) is 0.368. The zero-order chi connectivity index (χ0) is 19.7. The number of hydroxylamine groups is 2. The number of nitrogens with zero attached hydrogens (tertiary/aromatic N) is 4. The predicted molar refractivity (Wildman–Crippen MR) is 107 cm³/mol. The first kappa shape index (κ1) is 19.0. The fraction of sp³-hybridized carbons (Fsp3) is 0.450. The predicted octanol–water partition coefficient (Wildman–Crippen LogP) is 2.91. The second kappa shape index (κ2) is 7.61. The maximum absolute atomic E-state index is 13.1. The van der Waals surface area contributed by atoms with E-state index >= 15 is 0 Å². The molecule has 0 unspecified atom stereocenters. The van der Waals surface area contributed by atoms with Gasteiger partial charge in [0.1, 0.15) is 27.0 Å². The Morgan fingerprint density at radius 3 is 2.79 bits per heavy atom. The molecule has 2 fully saturated rings. The average Bonchev–Trinajstić information content (AvgIpc) is 3.30. The minimum absolute atomic E-state index is 0.0252. The maximum Gasteiger partial charge on any atom is 0.353 e. The Bertz CT molecular complexity index is 840. The van der Waals surface area contributed by atoms with E-state index in [0.29, 0.717) is 25.0 Å². The van der Waals surface area contributed by atoms with Crippen LogP contribution in [0.15, 0.2) is 49.1 Å². The SMILES string of the molecule is C[Si]1(C)CC(=O)[C@@H]2CC[C@@H](N(OCc3ccccc3)C(=O)n3ccnc3)CN21. The van der Waals surface area contributed by atoms with Crippen molar-refractivity contribution in [3.63, 3.8) is 0 Å². The van der Waals surface area contributed by atoms with Gasteiger partial charge in [0.2, 0.25) is 0 Å². The third-order valence-electron chi connectivity index (χ3n) is 5.77. The molecule has 2 aliphatic heterocycles. The van der Waals surface area contributed by atoms with Crippen molar-refractivity contribution in [3.05, 3.63) is 54.6 Å². The molecule has 8 heteroatoms. The van der Waals surface area contributed by atoms with E-state index in [0.717, 1.165) is 18.4 Å². The van der Waals surface area contributed by atoms with Crippen molar-refractivity contribution < 1.29 is 14.4 Å². The Kier molecular flexibility index (Phi) is 5.18. The van der Waals surface area contributed by atoms with Gasteiger partial charge in [-0.05, 0) is 18.4 Å². The van der Waals surface area contributed by atoms with E-state index in [4.69, 9.17) is 4.84 Å². The highest BCUT2D eigenvalue weighted by molar-refractivity contribution is 6.79. The van der Waals surface area contributed by atoms with Crippen molar-refractivity contribution in [2.75, 3.05) is 6.54 Å².